The van der Waals surface area contributed by atoms with Gasteiger partial charge in [-0.1, -0.05) is 0 Å². The van der Waals surface area contributed by atoms with Gasteiger partial charge < -0.3 is 24.4 Å². The molecule has 176 valence electrons. The summed E-state index contributed by atoms with van der Waals surface area (Å²) >= 11 is 0. The molecule has 0 aliphatic carbocycles. The molecule has 2 aliphatic rings. The SMILES string of the molecule is COc1c(C)cnc(CN(C(=O)O)c2cc(N3CCOCC3)c3c(c2)N(C(C)=O)CC3)c1C. The van der Waals surface area contributed by atoms with Crippen molar-refractivity contribution in [1.29, 1.82) is 0 Å². The van der Waals surface area contributed by atoms with Gasteiger partial charge in [-0.05, 0) is 32.4 Å². The zero-order valence-corrected chi connectivity index (χ0v) is 19.6. The van der Waals surface area contributed by atoms with Gasteiger partial charge in [-0.3, -0.25) is 14.7 Å². The summed E-state index contributed by atoms with van der Waals surface area (Å²) in [6, 6.07) is 3.73. The van der Waals surface area contributed by atoms with E-state index in [1.54, 1.807) is 18.2 Å². The van der Waals surface area contributed by atoms with Gasteiger partial charge in [-0.25, -0.2) is 4.79 Å². The number of ether oxygens (including phenoxy) is 2. The van der Waals surface area contributed by atoms with Crippen LogP contribution >= 0.6 is 0 Å². The zero-order chi connectivity index (χ0) is 23.7. The summed E-state index contributed by atoms with van der Waals surface area (Å²) in [6.45, 7) is 8.66. The number of hydrogen-bond donors (Lipinski definition) is 1. The number of benzene rings is 1. The summed E-state index contributed by atoms with van der Waals surface area (Å²) in [5.41, 5.74) is 5.65. The molecule has 1 aromatic carbocycles. The molecule has 2 aliphatic heterocycles. The van der Waals surface area contributed by atoms with E-state index in [1.165, 1.54) is 11.8 Å². The number of aryl methyl sites for hydroxylation is 1. The molecule has 0 saturated carbocycles. The minimum atomic E-state index is -1.09. The van der Waals surface area contributed by atoms with Crippen molar-refractivity contribution < 1.29 is 24.2 Å². The minimum absolute atomic E-state index is 0.0542. The zero-order valence-electron chi connectivity index (χ0n) is 19.6. The lowest BCUT2D eigenvalue weighted by atomic mass is 10.1. The Labute approximate surface area is 193 Å². The maximum Gasteiger partial charge on any atom is 0.412 e. The maximum atomic E-state index is 12.4. The number of carboxylic acid groups (broad SMARTS) is 1. The number of carbonyl (C=O) groups is 2. The van der Waals surface area contributed by atoms with Crippen LogP contribution in [0.4, 0.5) is 21.9 Å². The van der Waals surface area contributed by atoms with Gasteiger partial charge in [0, 0.05) is 55.1 Å². The smallest absolute Gasteiger partial charge is 0.412 e. The Balaban J connectivity index is 1.79. The molecule has 1 fully saturated rings. The minimum Gasteiger partial charge on any atom is -0.496 e. The molecule has 0 atom stereocenters. The van der Waals surface area contributed by atoms with E-state index in [0.717, 1.165) is 47.6 Å². The van der Waals surface area contributed by atoms with Gasteiger partial charge >= 0.3 is 6.09 Å². The van der Waals surface area contributed by atoms with Crippen LogP contribution in [0.3, 0.4) is 0 Å². The van der Waals surface area contributed by atoms with Crippen LogP contribution in [0.25, 0.3) is 0 Å². The predicted octanol–water partition coefficient (Wildman–Crippen LogP) is 3.14. The third-order valence-corrected chi connectivity index (χ3v) is 6.40. The highest BCUT2D eigenvalue weighted by Crippen LogP contribution is 2.41. The second-order valence-electron chi connectivity index (χ2n) is 8.40. The Morgan fingerprint density at radius 2 is 1.88 bits per heavy atom. The van der Waals surface area contributed by atoms with Gasteiger partial charge in [0.05, 0.1) is 43.9 Å². The van der Waals surface area contributed by atoms with Crippen LogP contribution in [-0.4, -0.2) is 62.0 Å². The summed E-state index contributed by atoms with van der Waals surface area (Å²) < 4.78 is 11.0. The fourth-order valence-electron chi connectivity index (χ4n) is 4.69. The molecular weight excluding hydrogens is 424 g/mol. The molecule has 0 unspecified atom stereocenters. The lowest BCUT2D eigenvalue weighted by Crippen LogP contribution is -2.37. The van der Waals surface area contributed by atoms with Crippen LogP contribution in [0.1, 0.15) is 29.3 Å². The van der Waals surface area contributed by atoms with Crippen molar-refractivity contribution >= 4 is 29.1 Å². The number of hydrogen-bond acceptors (Lipinski definition) is 6. The number of aromatic nitrogens is 1. The van der Waals surface area contributed by atoms with Gasteiger partial charge in [0.1, 0.15) is 5.75 Å². The molecule has 9 nitrogen and oxygen atoms in total. The van der Waals surface area contributed by atoms with E-state index in [1.807, 2.05) is 26.0 Å². The van der Waals surface area contributed by atoms with Gasteiger partial charge in [0.25, 0.3) is 0 Å². The first kappa shape index (κ1) is 22.8. The summed E-state index contributed by atoms with van der Waals surface area (Å²) in [5, 5.41) is 10.1. The summed E-state index contributed by atoms with van der Waals surface area (Å²) in [7, 11) is 1.60. The van der Waals surface area contributed by atoms with E-state index in [2.05, 4.69) is 9.88 Å². The van der Waals surface area contributed by atoms with Crippen LogP contribution < -0.4 is 19.4 Å². The number of pyridine rings is 1. The van der Waals surface area contributed by atoms with E-state index in [9.17, 15) is 14.7 Å². The molecule has 1 aromatic heterocycles. The van der Waals surface area contributed by atoms with Crippen molar-refractivity contribution in [2.45, 2.75) is 33.7 Å². The van der Waals surface area contributed by atoms with Gasteiger partial charge in [0.15, 0.2) is 0 Å². The Bertz CT molecular complexity index is 1080. The number of amides is 2. The van der Waals surface area contributed by atoms with Crippen molar-refractivity contribution in [2.24, 2.45) is 0 Å². The largest absolute Gasteiger partial charge is 0.496 e. The highest BCUT2D eigenvalue weighted by molar-refractivity contribution is 5.98. The average Bonchev–Trinajstić information content (AvgIpc) is 3.23. The van der Waals surface area contributed by atoms with Crippen molar-refractivity contribution in [3.63, 3.8) is 0 Å². The average molecular weight is 455 g/mol. The number of nitrogens with zero attached hydrogens (tertiary/aromatic N) is 4. The summed E-state index contributed by atoms with van der Waals surface area (Å²) in [4.78, 5) is 34.4. The van der Waals surface area contributed by atoms with Crippen molar-refractivity contribution in [2.75, 3.05) is 54.7 Å². The topological polar surface area (TPSA) is 95.4 Å². The molecule has 1 saturated heterocycles. The maximum absolute atomic E-state index is 12.4. The fourth-order valence-corrected chi connectivity index (χ4v) is 4.69. The van der Waals surface area contributed by atoms with Crippen LogP contribution in [-0.2, 0) is 22.5 Å². The molecule has 0 radical (unpaired) electrons. The highest BCUT2D eigenvalue weighted by atomic mass is 16.5. The second-order valence-corrected chi connectivity index (χ2v) is 8.40. The highest BCUT2D eigenvalue weighted by Gasteiger charge is 2.30. The summed E-state index contributed by atoms with van der Waals surface area (Å²) in [5.74, 6) is 0.650. The Kier molecular flexibility index (Phi) is 6.42. The number of fused-ring (bicyclic) bond motifs is 1. The van der Waals surface area contributed by atoms with E-state index in [0.29, 0.717) is 36.9 Å². The number of morpholine rings is 1. The van der Waals surface area contributed by atoms with Crippen LogP contribution in [0.15, 0.2) is 18.3 Å². The molecule has 33 heavy (non-hydrogen) atoms. The molecule has 0 spiro atoms. The van der Waals surface area contributed by atoms with Gasteiger partial charge in [-0.15, -0.1) is 0 Å². The van der Waals surface area contributed by atoms with E-state index < -0.39 is 6.09 Å². The number of anilines is 3. The molecular formula is C24H30N4O5. The monoisotopic (exact) mass is 454 g/mol. The van der Waals surface area contributed by atoms with Gasteiger partial charge in [0.2, 0.25) is 5.91 Å². The first-order valence-electron chi connectivity index (χ1n) is 11.1. The third-order valence-electron chi connectivity index (χ3n) is 6.40. The van der Waals surface area contributed by atoms with Crippen LogP contribution in [0.2, 0.25) is 0 Å². The number of methoxy groups -OCH3 is 1. The lowest BCUT2D eigenvalue weighted by molar-refractivity contribution is -0.116. The summed E-state index contributed by atoms with van der Waals surface area (Å²) in [6.07, 6.45) is 1.35. The molecule has 2 aromatic rings. The third kappa shape index (κ3) is 4.32. The second kappa shape index (κ2) is 9.27. The van der Waals surface area contributed by atoms with E-state index >= 15 is 0 Å². The van der Waals surface area contributed by atoms with Crippen molar-refractivity contribution in [1.82, 2.24) is 4.98 Å². The van der Waals surface area contributed by atoms with E-state index in [4.69, 9.17) is 9.47 Å². The molecule has 1 N–H and O–H groups in total. The van der Waals surface area contributed by atoms with Crippen LogP contribution in [0.5, 0.6) is 5.75 Å². The molecule has 3 heterocycles. The van der Waals surface area contributed by atoms with Crippen molar-refractivity contribution in [3.8, 4) is 5.75 Å². The quantitative estimate of drug-likeness (QED) is 0.742. The number of carbonyl (C=O) groups excluding carboxylic acids is 1. The van der Waals surface area contributed by atoms with Gasteiger partial charge in [-0.2, -0.15) is 0 Å². The number of rotatable bonds is 5. The first-order chi connectivity index (χ1) is 15.8. The Morgan fingerprint density at radius 1 is 1.18 bits per heavy atom. The molecule has 2 amide bonds. The Hall–Kier alpha value is -3.33. The predicted molar refractivity (Wildman–Crippen MR) is 126 cm³/mol. The van der Waals surface area contributed by atoms with E-state index in [-0.39, 0.29) is 12.5 Å². The normalized spacial score (nSPS) is 15.4. The fraction of sp³-hybridized carbons (Fsp3) is 0.458. The molecule has 4 rings (SSSR count). The Morgan fingerprint density at radius 3 is 2.52 bits per heavy atom. The first-order valence-corrected chi connectivity index (χ1v) is 11.1. The van der Waals surface area contributed by atoms with Crippen LogP contribution in [0, 0.1) is 13.8 Å². The standard InChI is InChI=1S/C24H30N4O5/c1-15-13-25-20(16(2)23(15)32-4)14-28(24(30)31)18-11-21(26-7-9-33-10-8-26)19-5-6-27(17(3)29)22(19)12-18/h11-13H,5-10,14H2,1-4H3,(H,30,31). The molecule has 9 heteroatoms. The molecule has 0 bridgehead atoms. The van der Waals surface area contributed by atoms with Crippen molar-refractivity contribution in [3.05, 3.63) is 40.7 Å². The lowest BCUT2D eigenvalue weighted by Gasteiger charge is -2.32.